The molecule has 4 heteroatoms. The van der Waals surface area contributed by atoms with Crippen molar-refractivity contribution in [3.05, 3.63) is 28.7 Å². The predicted octanol–water partition coefficient (Wildman–Crippen LogP) is 1.55. The summed E-state index contributed by atoms with van der Waals surface area (Å²) in [5, 5.41) is 9.28. The van der Waals surface area contributed by atoms with Gasteiger partial charge in [0.2, 0.25) is 0 Å². The third kappa shape index (κ3) is 1.67. The number of carbonyl (C=O) groups excluding carboxylic acids is 1. The number of halogens is 1. The van der Waals surface area contributed by atoms with E-state index in [1.165, 1.54) is 0 Å². The molecule has 1 N–H and O–H groups in total. The van der Waals surface area contributed by atoms with Gasteiger partial charge in [0.25, 0.3) is 5.91 Å². The van der Waals surface area contributed by atoms with E-state index in [-0.39, 0.29) is 5.91 Å². The maximum atomic E-state index is 11.5. The molecular formula is C10H10BrNO2. The average Bonchev–Trinajstić information content (AvgIpc) is 2.50. The molecular weight excluding hydrogens is 246 g/mol. The highest BCUT2D eigenvalue weighted by molar-refractivity contribution is 9.10. The molecule has 2 rings (SSSR count). The van der Waals surface area contributed by atoms with E-state index in [0.29, 0.717) is 13.0 Å². The van der Waals surface area contributed by atoms with E-state index >= 15 is 0 Å². The summed E-state index contributed by atoms with van der Waals surface area (Å²) in [4.78, 5) is 13.1. The number of aliphatic hydroxyl groups excluding tert-OH is 1. The van der Waals surface area contributed by atoms with E-state index in [4.69, 9.17) is 0 Å². The van der Waals surface area contributed by atoms with Crippen molar-refractivity contribution >= 4 is 27.5 Å². The van der Waals surface area contributed by atoms with E-state index in [0.717, 1.165) is 10.2 Å². The Balaban J connectivity index is 2.24. The summed E-state index contributed by atoms with van der Waals surface area (Å²) in [5.74, 6) is -0.202. The van der Waals surface area contributed by atoms with Crippen LogP contribution in [0.1, 0.15) is 6.42 Å². The Morgan fingerprint density at radius 3 is 2.50 bits per heavy atom. The quantitative estimate of drug-likeness (QED) is 0.828. The number of aliphatic hydroxyl groups is 1. The topological polar surface area (TPSA) is 40.5 Å². The van der Waals surface area contributed by atoms with Crippen LogP contribution in [0.2, 0.25) is 0 Å². The molecule has 3 nitrogen and oxygen atoms in total. The van der Waals surface area contributed by atoms with Gasteiger partial charge in [0.1, 0.15) is 6.10 Å². The standard InChI is InChI=1S/C10H10BrNO2/c11-7-1-3-8(4-2-7)12-6-5-9(13)10(12)14/h1-4,9,13H,5-6H2. The van der Waals surface area contributed by atoms with Crippen LogP contribution in [-0.2, 0) is 4.79 Å². The van der Waals surface area contributed by atoms with Crippen molar-refractivity contribution in [2.45, 2.75) is 12.5 Å². The average molecular weight is 256 g/mol. The molecule has 1 aliphatic rings. The van der Waals surface area contributed by atoms with Crippen LogP contribution in [0, 0.1) is 0 Å². The van der Waals surface area contributed by atoms with E-state index in [2.05, 4.69) is 15.9 Å². The summed E-state index contributed by atoms with van der Waals surface area (Å²) in [6.07, 6.45) is -0.298. The number of anilines is 1. The Morgan fingerprint density at radius 2 is 2.00 bits per heavy atom. The minimum absolute atomic E-state index is 0.202. The minimum atomic E-state index is -0.821. The first kappa shape index (κ1) is 9.68. The monoisotopic (exact) mass is 255 g/mol. The molecule has 0 saturated carbocycles. The second-order valence-electron chi connectivity index (χ2n) is 3.27. The molecule has 1 aromatic rings. The zero-order valence-electron chi connectivity index (χ0n) is 7.48. The number of amides is 1. The number of rotatable bonds is 1. The lowest BCUT2D eigenvalue weighted by atomic mass is 10.3. The second kappa shape index (κ2) is 3.71. The molecule has 0 spiro atoms. The van der Waals surface area contributed by atoms with Crippen molar-refractivity contribution in [3.63, 3.8) is 0 Å². The summed E-state index contributed by atoms with van der Waals surface area (Å²) >= 11 is 3.33. The van der Waals surface area contributed by atoms with Crippen LogP contribution in [-0.4, -0.2) is 23.7 Å². The zero-order chi connectivity index (χ0) is 10.1. The Morgan fingerprint density at radius 1 is 1.36 bits per heavy atom. The normalized spacial score (nSPS) is 21.7. The van der Waals surface area contributed by atoms with Crippen LogP contribution in [0.3, 0.4) is 0 Å². The number of hydrogen-bond acceptors (Lipinski definition) is 2. The van der Waals surface area contributed by atoms with E-state index in [1.807, 2.05) is 24.3 Å². The van der Waals surface area contributed by atoms with Gasteiger partial charge in [-0.05, 0) is 24.3 Å². The molecule has 1 atom stereocenters. The van der Waals surface area contributed by atoms with Gasteiger partial charge < -0.3 is 10.0 Å². The highest BCUT2D eigenvalue weighted by atomic mass is 79.9. The number of benzene rings is 1. The molecule has 0 aliphatic carbocycles. The van der Waals surface area contributed by atoms with Crippen LogP contribution in [0.5, 0.6) is 0 Å². The molecule has 0 radical (unpaired) electrons. The predicted molar refractivity (Wildman–Crippen MR) is 57.1 cm³/mol. The third-order valence-electron chi connectivity index (χ3n) is 2.32. The Kier molecular flexibility index (Phi) is 2.56. The summed E-state index contributed by atoms with van der Waals surface area (Å²) in [7, 11) is 0. The van der Waals surface area contributed by atoms with Gasteiger partial charge in [-0.25, -0.2) is 0 Å². The fraction of sp³-hybridized carbons (Fsp3) is 0.300. The number of carbonyl (C=O) groups is 1. The fourth-order valence-electron chi connectivity index (χ4n) is 1.54. The molecule has 14 heavy (non-hydrogen) atoms. The summed E-state index contributed by atoms with van der Waals surface area (Å²) in [6.45, 7) is 0.599. The van der Waals surface area contributed by atoms with Crippen LogP contribution < -0.4 is 4.90 Å². The van der Waals surface area contributed by atoms with Gasteiger partial charge in [-0.3, -0.25) is 4.79 Å². The first-order chi connectivity index (χ1) is 6.68. The summed E-state index contributed by atoms with van der Waals surface area (Å²) in [5.41, 5.74) is 0.842. The molecule has 0 aromatic heterocycles. The maximum absolute atomic E-state index is 11.5. The van der Waals surface area contributed by atoms with Crippen LogP contribution in [0.25, 0.3) is 0 Å². The van der Waals surface area contributed by atoms with Gasteiger partial charge in [-0.15, -0.1) is 0 Å². The molecule has 1 aliphatic heterocycles. The van der Waals surface area contributed by atoms with Crippen LogP contribution >= 0.6 is 15.9 Å². The minimum Gasteiger partial charge on any atom is -0.383 e. The lowest BCUT2D eigenvalue weighted by Gasteiger charge is -2.15. The Bertz CT molecular complexity index is 350. The molecule has 1 unspecified atom stereocenters. The fourth-order valence-corrected chi connectivity index (χ4v) is 1.81. The molecule has 1 amide bonds. The molecule has 0 bridgehead atoms. The summed E-state index contributed by atoms with van der Waals surface area (Å²) in [6, 6.07) is 7.49. The van der Waals surface area contributed by atoms with E-state index in [1.54, 1.807) is 4.90 Å². The highest BCUT2D eigenvalue weighted by Gasteiger charge is 2.30. The van der Waals surface area contributed by atoms with Gasteiger partial charge in [-0.2, -0.15) is 0 Å². The Labute approximate surface area is 90.5 Å². The highest BCUT2D eigenvalue weighted by Crippen LogP contribution is 2.23. The molecule has 74 valence electrons. The Hall–Kier alpha value is -0.870. The van der Waals surface area contributed by atoms with Gasteiger partial charge in [0.15, 0.2) is 0 Å². The van der Waals surface area contributed by atoms with Crippen LogP contribution in [0.15, 0.2) is 28.7 Å². The number of nitrogens with zero attached hydrogens (tertiary/aromatic N) is 1. The third-order valence-corrected chi connectivity index (χ3v) is 2.84. The molecule has 1 fully saturated rings. The van der Waals surface area contributed by atoms with Crippen molar-refractivity contribution in [1.82, 2.24) is 0 Å². The van der Waals surface area contributed by atoms with Crippen molar-refractivity contribution < 1.29 is 9.90 Å². The second-order valence-corrected chi connectivity index (χ2v) is 4.19. The SMILES string of the molecule is O=C1C(O)CCN1c1ccc(Br)cc1. The molecule has 1 heterocycles. The van der Waals surface area contributed by atoms with Gasteiger partial charge in [0.05, 0.1) is 0 Å². The van der Waals surface area contributed by atoms with Crippen molar-refractivity contribution in [3.8, 4) is 0 Å². The first-order valence-electron chi connectivity index (χ1n) is 4.43. The van der Waals surface area contributed by atoms with Gasteiger partial charge >= 0.3 is 0 Å². The first-order valence-corrected chi connectivity index (χ1v) is 5.23. The van der Waals surface area contributed by atoms with Crippen molar-refractivity contribution in [1.29, 1.82) is 0 Å². The van der Waals surface area contributed by atoms with E-state index in [9.17, 15) is 9.90 Å². The molecule has 1 saturated heterocycles. The largest absolute Gasteiger partial charge is 0.383 e. The number of hydrogen-bond donors (Lipinski definition) is 1. The van der Waals surface area contributed by atoms with Gasteiger partial charge in [0, 0.05) is 23.1 Å². The lowest BCUT2D eigenvalue weighted by molar-refractivity contribution is -0.123. The van der Waals surface area contributed by atoms with E-state index < -0.39 is 6.10 Å². The summed E-state index contributed by atoms with van der Waals surface area (Å²) < 4.78 is 0.980. The zero-order valence-corrected chi connectivity index (χ0v) is 9.07. The maximum Gasteiger partial charge on any atom is 0.255 e. The van der Waals surface area contributed by atoms with Crippen LogP contribution in [0.4, 0.5) is 5.69 Å². The van der Waals surface area contributed by atoms with Crippen molar-refractivity contribution in [2.24, 2.45) is 0 Å². The van der Waals surface area contributed by atoms with Crippen molar-refractivity contribution in [2.75, 3.05) is 11.4 Å². The smallest absolute Gasteiger partial charge is 0.255 e. The molecule has 1 aromatic carbocycles. The lowest BCUT2D eigenvalue weighted by Crippen LogP contribution is -2.28. The van der Waals surface area contributed by atoms with Gasteiger partial charge in [-0.1, -0.05) is 15.9 Å².